The maximum absolute atomic E-state index is 11.5. The molecule has 0 aliphatic rings. The molecule has 0 aromatic carbocycles. The van der Waals surface area contributed by atoms with Crippen molar-refractivity contribution in [3.8, 4) is 0 Å². The Morgan fingerprint density at radius 1 is 1.67 bits per heavy atom. The van der Waals surface area contributed by atoms with Crippen molar-refractivity contribution in [2.24, 2.45) is 0 Å². The minimum atomic E-state index is -0.205. The molecule has 1 amide bonds. The van der Waals surface area contributed by atoms with Gasteiger partial charge in [-0.15, -0.1) is 11.6 Å². The lowest BCUT2D eigenvalue weighted by Gasteiger charge is -2.03. The number of carbonyl (C=O) groups is 1. The van der Waals surface area contributed by atoms with Crippen LogP contribution in [0.1, 0.15) is 16.1 Å². The molecule has 0 radical (unpaired) electrons. The van der Waals surface area contributed by atoms with E-state index in [4.69, 9.17) is 20.9 Å². The first kappa shape index (κ1) is 12.0. The molecule has 84 valence electrons. The van der Waals surface area contributed by atoms with E-state index in [1.165, 1.54) is 6.20 Å². The molecule has 0 unspecified atom stereocenters. The lowest BCUT2D eigenvalue weighted by Crippen LogP contribution is -2.27. The SMILES string of the molecule is Cc1oncc1C(=O)NCCOCCCl. The predicted octanol–water partition coefficient (Wildman–Crippen LogP) is 0.968. The fraction of sp³-hybridized carbons (Fsp3) is 0.556. The summed E-state index contributed by atoms with van der Waals surface area (Å²) >= 11 is 5.41. The Labute approximate surface area is 92.7 Å². The number of carbonyl (C=O) groups excluding carboxylic acids is 1. The highest BCUT2D eigenvalue weighted by Crippen LogP contribution is 2.04. The molecular weight excluding hydrogens is 220 g/mol. The second kappa shape index (κ2) is 6.42. The fourth-order valence-corrected chi connectivity index (χ4v) is 1.11. The van der Waals surface area contributed by atoms with Crippen LogP contribution in [0.2, 0.25) is 0 Å². The molecule has 1 rings (SSSR count). The van der Waals surface area contributed by atoms with Crippen LogP contribution in [-0.4, -0.2) is 36.7 Å². The highest BCUT2D eigenvalue weighted by atomic mass is 35.5. The van der Waals surface area contributed by atoms with Crippen LogP contribution in [0.25, 0.3) is 0 Å². The summed E-state index contributed by atoms with van der Waals surface area (Å²) in [5, 5.41) is 6.19. The smallest absolute Gasteiger partial charge is 0.256 e. The highest BCUT2D eigenvalue weighted by Gasteiger charge is 2.11. The van der Waals surface area contributed by atoms with Gasteiger partial charge in [-0.3, -0.25) is 4.79 Å². The van der Waals surface area contributed by atoms with Crippen molar-refractivity contribution in [2.75, 3.05) is 25.6 Å². The van der Waals surface area contributed by atoms with E-state index in [0.717, 1.165) is 0 Å². The normalized spacial score (nSPS) is 10.3. The van der Waals surface area contributed by atoms with E-state index < -0.39 is 0 Å². The van der Waals surface area contributed by atoms with Crippen LogP contribution in [0.15, 0.2) is 10.7 Å². The summed E-state index contributed by atoms with van der Waals surface area (Å²) in [5.74, 6) is 0.760. The minimum Gasteiger partial charge on any atom is -0.378 e. The maximum atomic E-state index is 11.5. The summed E-state index contributed by atoms with van der Waals surface area (Å²) in [4.78, 5) is 11.5. The van der Waals surface area contributed by atoms with Gasteiger partial charge in [-0.05, 0) is 6.92 Å². The van der Waals surface area contributed by atoms with Crippen molar-refractivity contribution in [3.05, 3.63) is 17.5 Å². The zero-order valence-electron chi connectivity index (χ0n) is 8.46. The van der Waals surface area contributed by atoms with Crippen molar-refractivity contribution in [3.63, 3.8) is 0 Å². The third kappa shape index (κ3) is 3.89. The molecule has 0 spiro atoms. The molecule has 0 fully saturated rings. The third-order valence-corrected chi connectivity index (χ3v) is 1.90. The van der Waals surface area contributed by atoms with Crippen LogP contribution in [0.3, 0.4) is 0 Å². The van der Waals surface area contributed by atoms with Crippen LogP contribution in [-0.2, 0) is 4.74 Å². The Kier molecular flexibility index (Phi) is 5.14. The van der Waals surface area contributed by atoms with Crippen LogP contribution in [0.5, 0.6) is 0 Å². The van der Waals surface area contributed by atoms with E-state index in [2.05, 4.69) is 10.5 Å². The number of halogens is 1. The molecule has 1 aromatic rings. The molecule has 1 heterocycles. The molecule has 15 heavy (non-hydrogen) atoms. The average molecular weight is 233 g/mol. The van der Waals surface area contributed by atoms with E-state index in [-0.39, 0.29) is 5.91 Å². The molecule has 0 saturated carbocycles. The van der Waals surface area contributed by atoms with Crippen molar-refractivity contribution in [1.82, 2.24) is 10.5 Å². The van der Waals surface area contributed by atoms with E-state index >= 15 is 0 Å². The van der Waals surface area contributed by atoms with Crippen molar-refractivity contribution >= 4 is 17.5 Å². The largest absolute Gasteiger partial charge is 0.378 e. The van der Waals surface area contributed by atoms with Crippen LogP contribution < -0.4 is 5.32 Å². The van der Waals surface area contributed by atoms with Gasteiger partial charge < -0.3 is 14.6 Å². The van der Waals surface area contributed by atoms with Crippen LogP contribution in [0.4, 0.5) is 0 Å². The number of ether oxygens (including phenoxy) is 1. The first-order chi connectivity index (χ1) is 7.25. The monoisotopic (exact) mass is 232 g/mol. The standard InChI is InChI=1S/C9H13ClN2O3/c1-7-8(6-12-15-7)9(13)11-3-5-14-4-2-10/h6H,2-5H2,1H3,(H,11,13). The molecule has 1 aromatic heterocycles. The number of amides is 1. The molecule has 0 atom stereocenters. The molecule has 0 saturated heterocycles. The molecule has 6 heteroatoms. The Hall–Kier alpha value is -1.07. The number of nitrogens with one attached hydrogen (secondary N) is 1. The van der Waals surface area contributed by atoms with Gasteiger partial charge in [0.15, 0.2) is 0 Å². The number of nitrogens with zero attached hydrogens (tertiary/aromatic N) is 1. The summed E-state index contributed by atoms with van der Waals surface area (Å²) < 4.78 is 9.87. The van der Waals surface area contributed by atoms with Gasteiger partial charge in [0, 0.05) is 12.4 Å². The molecule has 0 aliphatic heterocycles. The Morgan fingerprint density at radius 3 is 3.07 bits per heavy atom. The summed E-state index contributed by atoms with van der Waals surface area (Å²) in [7, 11) is 0. The van der Waals surface area contributed by atoms with Gasteiger partial charge in [0.1, 0.15) is 11.3 Å². The van der Waals surface area contributed by atoms with Gasteiger partial charge >= 0.3 is 0 Å². The van der Waals surface area contributed by atoms with Crippen molar-refractivity contribution in [1.29, 1.82) is 0 Å². The summed E-state index contributed by atoms with van der Waals surface area (Å²) in [5.41, 5.74) is 0.451. The Bertz CT molecular complexity index is 314. The van der Waals surface area contributed by atoms with E-state index in [1.54, 1.807) is 6.92 Å². The second-order valence-electron chi connectivity index (χ2n) is 2.85. The summed E-state index contributed by atoms with van der Waals surface area (Å²) in [6, 6.07) is 0. The van der Waals surface area contributed by atoms with E-state index in [9.17, 15) is 4.79 Å². The van der Waals surface area contributed by atoms with Crippen molar-refractivity contribution in [2.45, 2.75) is 6.92 Å². The number of hydrogen-bond acceptors (Lipinski definition) is 4. The van der Waals surface area contributed by atoms with Gasteiger partial charge in [0.25, 0.3) is 5.91 Å². The molecule has 0 bridgehead atoms. The van der Waals surface area contributed by atoms with Crippen molar-refractivity contribution < 1.29 is 14.1 Å². The average Bonchev–Trinajstić information content (AvgIpc) is 2.64. The number of aryl methyl sites for hydroxylation is 1. The Morgan fingerprint density at radius 2 is 2.47 bits per heavy atom. The summed E-state index contributed by atoms with van der Waals surface area (Å²) in [6.45, 7) is 3.07. The first-order valence-corrected chi connectivity index (χ1v) is 5.12. The molecular formula is C9H13ClN2O3. The van der Waals surface area contributed by atoms with Gasteiger partial charge in [0.2, 0.25) is 0 Å². The zero-order valence-corrected chi connectivity index (χ0v) is 9.21. The number of aromatic nitrogens is 1. The minimum absolute atomic E-state index is 0.205. The number of alkyl halides is 1. The highest BCUT2D eigenvalue weighted by molar-refractivity contribution is 6.17. The van der Waals surface area contributed by atoms with Crippen LogP contribution in [0, 0.1) is 6.92 Å². The molecule has 1 N–H and O–H groups in total. The van der Waals surface area contributed by atoms with Crippen LogP contribution >= 0.6 is 11.6 Å². The van der Waals surface area contributed by atoms with E-state index in [1.807, 2.05) is 0 Å². The number of hydrogen-bond donors (Lipinski definition) is 1. The third-order valence-electron chi connectivity index (χ3n) is 1.75. The van der Waals surface area contributed by atoms with Gasteiger partial charge in [-0.2, -0.15) is 0 Å². The zero-order chi connectivity index (χ0) is 11.1. The van der Waals surface area contributed by atoms with Gasteiger partial charge in [-0.25, -0.2) is 0 Å². The topological polar surface area (TPSA) is 64.4 Å². The predicted molar refractivity (Wildman–Crippen MR) is 55.1 cm³/mol. The quantitative estimate of drug-likeness (QED) is 0.586. The van der Waals surface area contributed by atoms with E-state index in [0.29, 0.717) is 37.0 Å². The van der Waals surface area contributed by atoms with Gasteiger partial charge in [0.05, 0.1) is 19.4 Å². The van der Waals surface area contributed by atoms with Gasteiger partial charge in [-0.1, -0.05) is 5.16 Å². The fourth-order valence-electron chi connectivity index (χ4n) is 1.01. The molecule has 5 nitrogen and oxygen atoms in total. The second-order valence-corrected chi connectivity index (χ2v) is 3.23. The summed E-state index contributed by atoms with van der Waals surface area (Å²) in [6.07, 6.45) is 1.39. The maximum Gasteiger partial charge on any atom is 0.256 e. The Balaban J connectivity index is 2.22. The number of rotatable bonds is 6. The lowest BCUT2D eigenvalue weighted by atomic mass is 10.2. The first-order valence-electron chi connectivity index (χ1n) is 4.59. The lowest BCUT2D eigenvalue weighted by molar-refractivity contribution is 0.0922. The molecule has 0 aliphatic carbocycles.